The van der Waals surface area contributed by atoms with Crippen molar-refractivity contribution in [3.8, 4) is 0 Å². The van der Waals surface area contributed by atoms with Crippen LogP contribution in [0.5, 0.6) is 0 Å². The average molecular weight is 505 g/mol. The Bertz CT molecular complexity index is 1240. The molecular formula is C24H32N4O8. The summed E-state index contributed by atoms with van der Waals surface area (Å²) in [4.78, 5) is 49.8. The molecule has 196 valence electrons. The molecule has 3 rings (SSSR count). The zero-order valence-electron chi connectivity index (χ0n) is 19.7. The lowest BCUT2D eigenvalue weighted by Crippen LogP contribution is -2.30. The molecule has 0 bridgehead atoms. The fourth-order valence-corrected chi connectivity index (χ4v) is 3.24. The minimum atomic E-state index is -1.35. The molecule has 0 aliphatic rings. The van der Waals surface area contributed by atoms with Gasteiger partial charge in [0, 0.05) is 18.7 Å². The van der Waals surface area contributed by atoms with Crippen LogP contribution in [-0.2, 0) is 12.8 Å². The number of hydrogen-bond acceptors (Lipinski definition) is 8. The average Bonchev–Trinajstić information content (AvgIpc) is 2.86. The van der Waals surface area contributed by atoms with Gasteiger partial charge in [-0.25, -0.2) is 14.4 Å². The SMILES string of the molecule is NCCO.NCCO.O=C(O)c1[nH]c(=O)[nH]c(=O)c1CCCCc1ccc2c(C(=O)O)cccc2c1. The Kier molecular flexibility index (Phi) is 13.4. The van der Waals surface area contributed by atoms with Crippen LogP contribution in [0.15, 0.2) is 46.0 Å². The number of rotatable bonds is 9. The first kappa shape index (κ1) is 30.2. The molecule has 12 heteroatoms. The summed E-state index contributed by atoms with van der Waals surface area (Å²) in [6, 6.07) is 10.7. The number of aromatic amines is 2. The molecule has 2 aromatic carbocycles. The number of aromatic carboxylic acids is 2. The molecule has 3 aromatic rings. The van der Waals surface area contributed by atoms with Crippen LogP contribution in [0.1, 0.15) is 44.8 Å². The summed E-state index contributed by atoms with van der Waals surface area (Å²) in [6.07, 6.45) is 2.17. The number of carboxylic acid groups (broad SMARTS) is 2. The number of nitrogens with two attached hydrogens (primary N) is 2. The fourth-order valence-electron chi connectivity index (χ4n) is 3.24. The molecule has 0 spiro atoms. The van der Waals surface area contributed by atoms with Gasteiger partial charge in [0.1, 0.15) is 5.69 Å². The van der Waals surface area contributed by atoms with Crippen molar-refractivity contribution in [1.29, 1.82) is 0 Å². The van der Waals surface area contributed by atoms with Crippen molar-refractivity contribution in [2.75, 3.05) is 26.3 Å². The lowest BCUT2D eigenvalue weighted by molar-refractivity contribution is 0.0681. The summed E-state index contributed by atoms with van der Waals surface area (Å²) in [5, 5.41) is 35.4. The van der Waals surface area contributed by atoms with Crippen LogP contribution < -0.4 is 22.7 Å². The van der Waals surface area contributed by atoms with Gasteiger partial charge < -0.3 is 36.9 Å². The zero-order chi connectivity index (χ0) is 27.1. The van der Waals surface area contributed by atoms with Crippen LogP contribution in [-0.4, -0.2) is 68.6 Å². The van der Waals surface area contributed by atoms with E-state index >= 15 is 0 Å². The predicted molar refractivity (Wildman–Crippen MR) is 134 cm³/mol. The summed E-state index contributed by atoms with van der Waals surface area (Å²) in [5.74, 6) is -2.32. The van der Waals surface area contributed by atoms with Gasteiger partial charge in [0.15, 0.2) is 0 Å². The van der Waals surface area contributed by atoms with Crippen molar-refractivity contribution in [3.05, 3.63) is 79.6 Å². The first-order chi connectivity index (χ1) is 17.2. The summed E-state index contributed by atoms with van der Waals surface area (Å²) in [7, 11) is 0. The Morgan fingerprint density at radius 1 is 0.833 bits per heavy atom. The largest absolute Gasteiger partial charge is 0.478 e. The van der Waals surface area contributed by atoms with E-state index in [1.165, 1.54) is 0 Å². The van der Waals surface area contributed by atoms with Crippen LogP contribution in [0.2, 0.25) is 0 Å². The third-order valence-electron chi connectivity index (χ3n) is 4.83. The van der Waals surface area contributed by atoms with E-state index < -0.39 is 23.2 Å². The van der Waals surface area contributed by atoms with Crippen LogP contribution in [0, 0.1) is 0 Å². The lowest BCUT2D eigenvalue weighted by atomic mass is 9.98. The third kappa shape index (κ3) is 9.43. The summed E-state index contributed by atoms with van der Waals surface area (Å²) in [5.41, 5.74) is 8.97. The van der Waals surface area contributed by atoms with E-state index in [1.807, 2.05) is 23.2 Å². The number of aromatic nitrogens is 2. The van der Waals surface area contributed by atoms with Gasteiger partial charge in [-0.1, -0.05) is 30.3 Å². The van der Waals surface area contributed by atoms with Gasteiger partial charge >= 0.3 is 17.6 Å². The van der Waals surface area contributed by atoms with Crippen molar-refractivity contribution >= 4 is 22.7 Å². The highest BCUT2D eigenvalue weighted by molar-refractivity contribution is 6.03. The summed E-state index contributed by atoms with van der Waals surface area (Å²) in [6.45, 7) is 0.944. The molecule has 36 heavy (non-hydrogen) atoms. The molecule has 10 N–H and O–H groups in total. The Balaban J connectivity index is 0.000000709. The molecule has 0 radical (unpaired) electrons. The van der Waals surface area contributed by atoms with E-state index in [9.17, 15) is 24.3 Å². The summed E-state index contributed by atoms with van der Waals surface area (Å²) >= 11 is 0. The Morgan fingerprint density at radius 3 is 2.00 bits per heavy atom. The van der Waals surface area contributed by atoms with E-state index in [4.69, 9.17) is 26.8 Å². The molecule has 0 unspecified atom stereocenters. The van der Waals surface area contributed by atoms with Crippen molar-refractivity contribution in [3.63, 3.8) is 0 Å². The smallest absolute Gasteiger partial charge is 0.352 e. The van der Waals surface area contributed by atoms with Gasteiger partial charge in [0.2, 0.25) is 0 Å². The van der Waals surface area contributed by atoms with E-state index in [1.54, 1.807) is 18.2 Å². The number of carbonyl (C=O) groups is 2. The lowest BCUT2D eigenvalue weighted by Gasteiger charge is -2.07. The molecule has 0 saturated heterocycles. The fraction of sp³-hybridized carbons (Fsp3) is 0.333. The number of unbranched alkanes of at least 4 members (excludes halogenated alkanes) is 1. The van der Waals surface area contributed by atoms with Crippen LogP contribution in [0.25, 0.3) is 10.8 Å². The Morgan fingerprint density at radius 2 is 1.44 bits per heavy atom. The van der Waals surface area contributed by atoms with E-state index in [-0.39, 0.29) is 36.5 Å². The maximum Gasteiger partial charge on any atom is 0.352 e. The first-order valence-corrected chi connectivity index (χ1v) is 11.2. The van der Waals surface area contributed by atoms with Gasteiger partial charge in [0.25, 0.3) is 5.56 Å². The second-order valence-corrected chi connectivity index (χ2v) is 7.46. The van der Waals surface area contributed by atoms with Gasteiger partial charge in [-0.2, -0.15) is 0 Å². The number of fused-ring (bicyclic) bond motifs is 1. The van der Waals surface area contributed by atoms with Crippen molar-refractivity contribution in [2.45, 2.75) is 25.7 Å². The number of hydrogen-bond donors (Lipinski definition) is 8. The molecule has 0 aliphatic carbocycles. The first-order valence-electron chi connectivity index (χ1n) is 11.2. The number of aliphatic hydroxyl groups excluding tert-OH is 2. The molecule has 0 amide bonds. The minimum Gasteiger partial charge on any atom is -0.478 e. The summed E-state index contributed by atoms with van der Waals surface area (Å²) < 4.78 is 0. The molecule has 0 aliphatic heterocycles. The van der Waals surface area contributed by atoms with Gasteiger partial charge in [-0.05, 0) is 48.1 Å². The molecule has 0 atom stereocenters. The quantitative estimate of drug-likeness (QED) is 0.182. The van der Waals surface area contributed by atoms with Gasteiger partial charge in [-0.3, -0.25) is 9.78 Å². The molecule has 12 nitrogen and oxygen atoms in total. The van der Waals surface area contributed by atoms with Crippen molar-refractivity contribution < 1.29 is 30.0 Å². The number of H-pyrrole nitrogens is 2. The highest BCUT2D eigenvalue weighted by atomic mass is 16.4. The number of benzene rings is 2. The van der Waals surface area contributed by atoms with Crippen LogP contribution >= 0.6 is 0 Å². The zero-order valence-corrected chi connectivity index (χ0v) is 19.7. The van der Waals surface area contributed by atoms with Crippen LogP contribution in [0.4, 0.5) is 0 Å². The van der Waals surface area contributed by atoms with E-state index in [2.05, 4.69) is 4.98 Å². The van der Waals surface area contributed by atoms with E-state index in [0.29, 0.717) is 37.7 Å². The van der Waals surface area contributed by atoms with Gasteiger partial charge in [-0.15, -0.1) is 0 Å². The third-order valence-corrected chi connectivity index (χ3v) is 4.83. The van der Waals surface area contributed by atoms with E-state index in [0.717, 1.165) is 10.9 Å². The Hall–Kier alpha value is -3.84. The highest BCUT2D eigenvalue weighted by Gasteiger charge is 2.15. The molecule has 0 saturated carbocycles. The van der Waals surface area contributed by atoms with Crippen molar-refractivity contribution in [2.24, 2.45) is 11.5 Å². The number of carboxylic acids is 2. The number of aryl methyl sites for hydroxylation is 1. The number of aliphatic hydroxyl groups is 2. The maximum atomic E-state index is 11.9. The van der Waals surface area contributed by atoms with Crippen molar-refractivity contribution in [1.82, 2.24) is 9.97 Å². The van der Waals surface area contributed by atoms with Crippen LogP contribution in [0.3, 0.4) is 0 Å². The number of nitrogens with one attached hydrogen (secondary N) is 2. The Labute approximate surface area is 206 Å². The predicted octanol–water partition coefficient (Wildman–Crippen LogP) is 0.0530. The maximum absolute atomic E-state index is 11.9. The normalized spacial score (nSPS) is 10.1. The molecule has 0 fully saturated rings. The highest BCUT2D eigenvalue weighted by Crippen LogP contribution is 2.21. The van der Waals surface area contributed by atoms with Gasteiger partial charge in [0.05, 0.1) is 18.8 Å². The second-order valence-electron chi connectivity index (χ2n) is 7.46. The monoisotopic (exact) mass is 504 g/mol. The molecule has 1 aromatic heterocycles. The minimum absolute atomic E-state index is 0.0525. The topological polar surface area (TPSA) is 233 Å². The molecular weight excluding hydrogens is 472 g/mol. The standard InChI is InChI=1S/C20H18N2O6.2C2H7NO/c23-17-15(16(19(26)27)21-20(28)22-17)6-2-1-4-11-8-9-13-12(10-11)5-3-7-14(13)18(24)25;2*3-1-2-4/h3,5,7-10H,1-2,4,6H2,(H,24,25)(H,26,27)(H2,21,22,23,28);2*4H,1-3H2. The molecule has 1 heterocycles. The second kappa shape index (κ2) is 15.9.